The Morgan fingerprint density at radius 2 is 1.77 bits per heavy atom. The largest absolute Gasteiger partial charge is 0.465 e. The first-order valence-electron chi connectivity index (χ1n) is 10.7. The standard InChI is InChI=1S/C23H28N4O3S/c1-18-8-9-20(30-18)17-25-12-10-23(11-13-25)22-24-16-21(19-6-4-3-5-7-19)26(22)14-15-27(23)31(2,28)29/h3-9,16H,10-15,17H2,1-2H3. The Hall–Kier alpha value is -2.42. The third-order valence-electron chi connectivity index (χ3n) is 6.60. The lowest BCUT2D eigenvalue weighted by atomic mass is 9.85. The summed E-state index contributed by atoms with van der Waals surface area (Å²) in [7, 11) is -3.36. The highest BCUT2D eigenvalue weighted by molar-refractivity contribution is 7.88. The number of rotatable bonds is 4. The van der Waals surface area contributed by atoms with Crippen molar-refractivity contribution in [2.75, 3.05) is 25.9 Å². The molecule has 1 aromatic carbocycles. The van der Waals surface area contributed by atoms with Crippen LogP contribution in [0.1, 0.15) is 30.2 Å². The van der Waals surface area contributed by atoms with Crippen molar-refractivity contribution in [3.8, 4) is 11.3 Å². The molecule has 1 fully saturated rings. The molecule has 0 saturated carbocycles. The van der Waals surface area contributed by atoms with Gasteiger partial charge >= 0.3 is 0 Å². The number of hydrogen-bond acceptors (Lipinski definition) is 5. The van der Waals surface area contributed by atoms with Crippen molar-refractivity contribution >= 4 is 10.0 Å². The van der Waals surface area contributed by atoms with Crippen molar-refractivity contribution < 1.29 is 12.8 Å². The van der Waals surface area contributed by atoms with Crippen LogP contribution in [0.25, 0.3) is 11.3 Å². The predicted molar refractivity (Wildman–Crippen MR) is 119 cm³/mol. The molecule has 1 spiro atoms. The lowest BCUT2D eigenvalue weighted by Gasteiger charge is -2.49. The maximum atomic E-state index is 12.8. The molecule has 5 rings (SSSR count). The molecule has 0 atom stereocenters. The summed E-state index contributed by atoms with van der Waals surface area (Å²) in [6, 6.07) is 14.2. The third-order valence-corrected chi connectivity index (χ3v) is 7.94. The van der Waals surface area contributed by atoms with E-state index in [2.05, 4.69) is 21.6 Å². The van der Waals surface area contributed by atoms with Gasteiger partial charge in [-0.15, -0.1) is 0 Å². The summed E-state index contributed by atoms with van der Waals surface area (Å²) in [5.41, 5.74) is 1.56. The smallest absolute Gasteiger partial charge is 0.212 e. The summed E-state index contributed by atoms with van der Waals surface area (Å²) in [5, 5.41) is 0. The number of imidazole rings is 1. The fraction of sp³-hybridized carbons (Fsp3) is 0.435. The van der Waals surface area contributed by atoms with Crippen molar-refractivity contribution in [1.29, 1.82) is 0 Å². The monoisotopic (exact) mass is 440 g/mol. The molecule has 2 aliphatic rings. The van der Waals surface area contributed by atoms with E-state index >= 15 is 0 Å². The zero-order valence-electron chi connectivity index (χ0n) is 18.0. The minimum absolute atomic E-state index is 0.472. The summed E-state index contributed by atoms with van der Waals surface area (Å²) in [5.74, 6) is 2.73. The number of likely N-dealkylation sites (tertiary alicyclic amines) is 1. The third kappa shape index (κ3) is 3.62. The number of hydrogen-bond donors (Lipinski definition) is 0. The SMILES string of the molecule is Cc1ccc(CN2CCC3(CC2)c2ncc(-c4ccccc4)n2CCN3S(C)(=O)=O)o1. The van der Waals surface area contributed by atoms with Crippen LogP contribution in [-0.4, -0.2) is 53.1 Å². The van der Waals surface area contributed by atoms with Gasteiger partial charge in [0.2, 0.25) is 10.0 Å². The van der Waals surface area contributed by atoms with Gasteiger partial charge in [0.25, 0.3) is 0 Å². The van der Waals surface area contributed by atoms with Gasteiger partial charge in [0.15, 0.2) is 0 Å². The number of nitrogens with zero attached hydrogens (tertiary/aromatic N) is 4. The van der Waals surface area contributed by atoms with Crippen LogP contribution in [0.5, 0.6) is 0 Å². The molecular weight excluding hydrogens is 412 g/mol. The lowest BCUT2D eigenvalue weighted by molar-refractivity contribution is 0.0432. The van der Waals surface area contributed by atoms with E-state index in [0.29, 0.717) is 25.9 Å². The second kappa shape index (κ2) is 7.62. The minimum Gasteiger partial charge on any atom is -0.465 e. The Labute approximate surface area is 183 Å². The molecule has 0 radical (unpaired) electrons. The second-order valence-corrected chi connectivity index (χ2v) is 10.5. The fourth-order valence-electron chi connectivity index (χ4n) is 5.16. The molecule has 1 saturated heterocycles. The number of sulfonamides is 1. The Kier molecular flexibility index (Phi) is 5.03. The van der Waals surface area contributed by atoms with E-state index in [9.17, 15) is 8.42 Å². The van der Waals surface area contributed by atoms with E-state index in [4.69, 9.17) is 9.40 Å². The highest BCUT2D eigenvalue weighted by atomic mass is 32.2. The molecule has 7 nitrogen and oxygen atoms in total. The molecule has 4 heterocycles. The van der Waals surface area contributed by atoms with E-state index in [-0.39, 0.29) is 0 Å². The average Bonchev–Trinajstić information content (AvgIpc) is 3.36. The van der Waals surface area contributed by atoms with Crippen molar-refractivity contribution in [3.05, 3.63) is 66.0 Å². The van der Waals surface area contributed by atoms with Crippen LogP contribution in [0.3, 0.4) is 0 Å². The molecule has 0 N–H and O–H groups in total. The van der Waals surface area contributed by atoms with Crippen molar-refractivity contribution in [2.45, 2.75) is 38.4 Å². The fourth-order valence-corrected chi connectivity index (χ4v) is 6.47. The van der Waals surface area contributed by atoms with E-state index in [1.54, 1.807) is 4.31 Å². The summed E-state index contributed by atoms with van der Waals surface area (Å²) in [6.07, 6.45) is 4.65. The molecule has 31 heavy (non-hydrogen) atoms. The number of fused-ring (bicyclic) bond motifs is 2. The van der Waals surface area contributed by atoms with Crippen LogP contribution in [0, 0.1) is 6.92 Å². The number of piperidine rings is 1. The maximum Gasteiger partial charge on any atom is 0.212 e. The van der Waals surface area contributed by atoms with Crippen LogP contribution in [0.15, 0.2) is 53.1 Å². The van der Waals surface area contributed by atoms with Gasteiger partial charge in [-0.3, -0.25) is 4.90 Å². The van der Waals surface area contributed by atoms with Gasteiger partial charge in [-0.05, 0) is 37.5 Å². The van der Waals surface area contributed by atoms with Crippen molar-refractivity contribution in [2.24, 2.45) is 0 Å². The number of aryl methyl sites for hydroxylation is 1. The topological polar surface area (TPSA) is 71.6 Å². The molecule has 0 unspecified atom stereocenters. The second-order valence-electron chi connectivity index (χ2n) is 8.64. The molecule has 0 amide bonds. The molecule has 3 aromatic rings. The summed E-state index contributed by atoms with van der Waals surface area (Å²) in [4.78, 5) is 7.14. The van der Waals surface area contributed by atoms with Gasteiger partial charge in [0.1, 0.15) is 17.3 Å². The van der Waals surface area contributed by atoms with Crippen molar-refractivity contribution in [1.82, 2.24) is 18.8 Å². The summed E-state index contributed by atoms with van der Waals surface area (Å²) < 4.78 is 35.2. The van der Waals surface area contributed by atoms with E-state index in [1.807, 2.05) is 43.5 Å². The first kappa shape index (κ1) is 20.5. The first-order valence-corrected chi connectivity index (χ1v) is 12.6. The van der Waals surface area contributed by atoms with E-state index < -0.39 is 15.6 Å². The summed E-state index contributed by atoms with van der Waals surface area (Å²) in [6.45, 7) is 5.36. The van der Waals surface area contributed by atoms with Gasteiger partial charge in [-0.25, -0.2) is 13.4 Å². The zero-order chi connectivity index (χ0) is 21.6. The Balaban J connectivity index is 1.48. The Bertz CT molecular complexity index is 1170. The normalized spacial score (nSPS) is 19.5. The number of aromatic nitrogens is 2. The first-order chi connectivity index (χ1) is 14.9. The maximum absolute atomic E-state index is 12.8. The van der Waals surface area contributed by atoms with E-state index in [0.717, 1.165) is 48.2 Å². The molecule has 164 valence electrons. The Morgan fingerprint density at radius 3 is 2.42 bits per heavy atom. The average molecular weight is 441 g/mol. The van der Waals surface area contributed by atoms with Crippen LogP contribution in [-0.2, 0) is 28.7 Å². The highest BCUT2D eigenvalue weighted by Crippen LogP contribution is 2.43. The van der Waals surface area contributed by atoms with Crippen molar-refractivity contribution in [3.63, 3.8) is 0 Å². The quantitative estimate of drug-likeness (QED) is 0.623. The minimum atomic E-state index is -3.36. The number of furan rings is 1. The van der Waals surface area contributed by atoms with Crippen LogP contribution in [0.4, 0.5) is 0 Å². The molecule has 8 heteroatoms. The molecule has 2 aliphatic heterocycles. The van der Waals surface area contributed by atoms with Gasteiger partial charge in [-0.2, -0.15) is 4.31 Å². The molecule has 0 bridgehead atoms. The van der Waals surface area contributed by atoms with Gasteiger partial charge < -0.3 is 8.98 Å². The summed E-state index contributed by atoms with van der Waals surface area (Å²) >= 11 is 0. The number of benzene rings is 1. The van der Waals surface area contributed by atoms with Crippen LogP contribution < -0.4 is 0 Å². The van der Waals surface area contributed by atoms with Crippen LogP contribution >= 0.6 is 0 Å². The molecule has 2 aromatic heterocycles. The predicted octanol–water partition coefficient (Wildman–Crippen LogP) is 3.22. The molecular formula is C23H28N4O3S. The molecule has 0 aliphatic carbocycles. The highest BCUT2D eigenvalue weighted by Gasteiger charge is 2.50. The van der Waals surface area contributed by atoms with Gasteiger partial charge in [0, 0.05) is 26.2 Å². The van der Waals surface area contributed by atoms with Crippen LogP contribution in [0.2, 0.25) is 0 Å². The zero-order valence-corrected chi connectivity index (χ0v) is 18.8. The van der Waals surface area contributed by atoms with E-state index in [1.165, 1.54) is 6.26 Å². The lowest BCUT2D eigenvalue weighted by Crippen LogP contribution is -2.59. The Morgan fingerprint density at radius 1 is 1.03 bits per heavy atom. The van der Waals surface area contributed by atoms with Gasteiger partial charge in [-0.1, -0.05) is 30.3 Å². The van der Waals surface area contributed by atoms with Gasteiger partial charge in [0.05, 0.1) is 30.2 Å².